The Morgan fingerprint density at radius 1 is 0.475 bits per heavy atom. The van der Waals surface area contributed by atoms with Crippen LogP contribution in [0.2, 0.25) is 0 Å². The van der Waals surface area contributed by atoms with Crippen LogP contribution >= 0.6 is 0 Å². The van der Waals surface area contributed by atoms with Crippen molar-refractivity contribution in [2.45, 2.75) is 83.1 Å². The Morgan fingerprint density at radius 3 is 1.18 bits per heavy atom. The van der Waals surface area contributed by atoms with Gasteiger partial charge in [-0.15, -0.1) is 0 Å². The van der Waals surface area contributed by atoms with Gasteiger partial charge in [0.05, 0.1) is 34.2 Å². The molecule has 1 aromatic heterocycles. The molecule has 0 fully saturated rings. The van der Waals surface area contributed by atoms with Gasteiger partial charge in [0.15, 0.2) is 0 Å². The van der Waals surface area contributed by atoms with Gasteiger partial charge >= 0.3 is 0 Å². The van der Waals surface area contributed by atoms with Crippen molar-refractivity contribution in [1.82, 2.24) is 4.57 Å². The summed E-state index contributed by atoms with van der Waals surface area (Å²) in [5, 5.41) is 9.97. The van der Waals surface area contributed by atoms with E-state index in [0.29, 0.717) is 0 Å². The Labute approximate surface area is 239 Å². The third kappa shape index (κ3) is 4.06. The van der Waals surface area contributed by atoms with E-state index in [1.165, 1.54) is 66.4 Å². The monoisotopic (exact) mass is 533 g/mol. The highest BCUT2D eigenvalue weighted by Crippen LogP contribution is 2.39. The van der Waals surface area contributed by atoms with Gasteiger partial charge in [0, 0.05) is 29.1 Å². The average molecular weight is 534 g/mol. The number of benzene rings is 1. The van der Waals surface area contributed by atoms with Crippen LogP contribution in [-0.2, 0) is 7.05 Å². The van der Waals surface area contributed by atoms with Gasteiger partial charge in [0.25, 0.3) is 0 Å². The van der Waals surface area contributed by atoms with Crippen LogP contribution in [-0.4, -0.2) is 16.0 Å². The summed E-state index contributed by atoms with van der Waals surface area (Å²) in [5.41, 5.74) is 20.8. The van der Waals surface area contributed by atoms with E-state index in [1.54, 1.807) is 0 Å². The van der Waals surface area contributed by atoms with Crippen LogP contribution in [0.5, 0.6) is 0 Å². The second-order valence-corrected chi connectivity index (χ2v) is 11.8. The summed E-state index contributed by atoms with van der Waals surface area (Å²) >= 11 is 0. The summed E-state index contributed by atoms with van der Waals surface area (Å²) < 4.78 is 2.28. The van der Waals surface area contributed by atoms with Crippen molar-refractivity contribution in [1.29, 1.82) is 0 Å². The van der Waals surface area contributed by atoms with E-state index < -0.39 is 0 Å². The van der Waals surface area contributed by atoms with Crippen LogP contribution in [0.4, 0.5) is 11.4 Å². The summed E-state index contributed by atoms with van der Waals surface area (Å²) in [5.74, 6) is 0. The predicted molar refractivity (Wildman–Crippen MR) is 173 cm³/mol. The van der Waals surface area contributed by atoms with Crippen molar-refractivity contribution in [3.05, 3.63) is 89.2 Å². The Kier molecular flexibility index (Phi) is 6.68. The van der Waals surface area contributed by atoms with Gasteiger partial charge in [-0.2, -0.15) is 0 Å². The fraction of sp³-hybridized carbons (Fsp3) is 0.371. The minimum atomic E-state index is 1.01. The predicted octanol–water partition coefficient (Wildman–Crippen LogP) is 7.02. The first-order chi connectivity index (χ1) is 18.7. The third-order valence-electron chi connectivity index (χ3n) is 9.69. The molecule has 2 N–H and O–H groups in total. The third-order valence-corrected chi connectivity index (χ3v) is 9.69. The van der Waals surface area contributed by atoms with Gasteiger partial charge in [-0.1, -0.05) is 0 Å². The summed E-state index contributed by atoms with van der Waals surface area (Å²) in [6.07, 6.45) is 4.49. The van der Waals surface area contributed by atoms with Crippen LogP contribution < -0.4 is 21.3 Å². The van der Waals surface area contributed by atoms with E-state index in [4.69, 9.17) is 9.98 Å². The van der Waals surface area contributed by atoms with Crippen molar-refractivity contribution in [3.63, 3.8) is 0 Å². The van der Waals surface area contributed by atoms with Crippen molar-refractivity contribution < 1.29 is 0 Å². The molecule has 0 unspecified atom stereocenters. The fourth-order valence-corrected chi connectivity index (χ4v) is 6.13. The van der Waals surface area contributed by atoms with E-state index in [2.05, 4.69) is 117 Å². The van der Waals surface area contributed by atoms with E-state index >= 15 is 0 Å². The highest BCUT2D eigenvalue weighted by atomic mass is 15.0. The molecule has 3 aliphatic rings. The van der Waals surface area contributed by atoms with Gasteiger partial charge in [-0.3, -0.25) is 0 Å². The molecule has 0 aliphatic carbocycles. The van der Waals surface area contributed by atoms with Crippen LogP contribution in [0.3, 0.4) is 0 Å². The lowest BCUT2D eigenvalue weighted by Gasteiger charge is -2.24. The highest BCUT2D eigenvalue weighted by Gasteiger charge is 2.24. The molecule has 3 aliphatic heterocycles. The Balaban J connectivity index is 1.90. The molecule has 2 aromatic rings. The number of hydrogen-bond donors (Lipinski definition) is 2. The minimum Gasteiger partial charge on any atom is -0.355 e. The average Bonchev–Trinajstić information content (AvgIpc) is 3.44. The van der Waals surface area contributed by atoms with Crippen molar-refractivity contribution in [2.75, 3.05) is 10.6 Å². The number of anilines is 2. The van der Waals surface area contributed by atoms with Crippen molar-refractivity contribution >= 4 is 35.0 Å². The number of hydrogen-bond acceptors (Lipinski definition) is 4. The fourth-order valence-electron chi connectivity index (χ4n) is 6.13. The molecule has 208 valence electrons. The molecule has 0 amide bonds. The largest absolute Gasteiger partial charge is 0.355 e. The molecule has 5 heteroatoms. The zero-order valence-electron chi connectivity index (χ0n) is 26.5. The molecule has 0 saturated carbocycles. The minimum absolute atomic E-state index is 1.01. The Bertz CT molecular complexity index is 1710. The molecule has 4 heterocycles. The summed E-state index contributed by atoms with van der Waals surface area (Å²) in [6.45, 7) is 26.2. The normalized spacial score (nSPS) is 17.3. The first-order valence-electron chi connectivity index (χ1n) is 14.2. The first kappa shape index (κ1) is 27.7. The van der Waals surface area contributed by atoms with Gasteiger partial charge < -0.3 is 15.2 Å². The van der Waals surface area contributed by atoms with Crippen molar-refractivity contribution in [3.8, 4) is 0 Å². The van der Waals surface area contributed by atoms with Crippen LogP contribution in [0, 0.1) is 41.5 Å². The maximum Gasteiger partial charge on any atom is 0.0859 e. The number of nitrogens with one attached hydrogen (secondary N) is 2. The SMILES string of the molecule is CC1=C2N=C(C=c3c(C)c(C)c(n3C)=CC3=NC(=C(C)Nc4c(C)c(C)c(C)c(C)c4N1)C(C)=C3C)C(C)=C2C. The number of aliphatic imine (C=N–C) groups is 2. The van der Waals surface area contributed by atoms with Gasteiger partial charge in [0.2, 0.25) is 0 Å². The van der Waals surface area contributed by atoms with Gasteiger partial charge in [0.1, 0.15) is 0 Å². The zero-order chi connectivity index (χ0) is 29.4. The molecule has 40 heavy (non-hydrogen) atoms. The maximum absolute atomic E-state index is 5.18. The molecule has 6 bridgehead atoms. The van der Waals surface area contributed by atoms with E-state index in [0.717, 1.165) is 45.6 Å². The van der Waals surface area contributed by atoms with E-state index in [1.807, 2.05) is 0 Å². The smallest absolute Gasteiger partial charge is 0.0859 e. The Hall–Kier alpha value is -3.86. The number of aromatic nitrogens is 1. The first-order valence-corrected chi connectivity index (χ1v) is 14.2. The number of fused-ring (bicyclic) bond motifs is 5. The molecule has 0 saturated heterocycles. The lowest BCUT2D eigenvalue weighted by molar-refractivity contribution is 0.855. The second-order valence-electron chi connectivity index (χ2n) is 11.8. The lowest BCUT2D eigenvalue weighted by atomic mass is 9.94. The second kappa shape index (κ2) is 9.65. The number of allylic oxidation sites excluding steroid dienone is 6. The standard InChI is InChI=1S/C35H43N5/c1-16-17(2)23(8)35-34(22(16)7)36-26(11)32-24(9)18(3)28(38-32)14-30-20(5)21(6)31(40(30)13)15-29-19(4)25(10)33(39-29)27(12)37-35/h14-15,36-37H,1-13H3. The van der Waals surface area contributed by atoms with Crippen LogP contribution in [0.25, 0.3) is 12.2 Å². The molecule has 5 rings (SSSR count). The molecular formula is C35H43N5. The summed E-state index contributed by atoms with van der Waals surface area (Å²) in [4.78, 5) is 10.4. The molecule has 0 radical (unpaired) electrons. The van der Waals surface area contributed by atoms with E-state index in [9.17, 15) is 0 Å². The van der Waals surface area contributed by atoms with Gasteiger partial charge in [-0.25, -0.2) is 9.98 Å². The molecule has 5 nitrogen and oxygen atoms in total. The number of nitrogens with zero attached hydrogens (tertiary/aromatic N) is 3. The molecule has 1 aromatic carbocycles. The van der Waals surface area contributed by atoms with Crippen LogP contribution in [0.1, 0.15) is 74.9 Å². The maximum atomic E-state index is 5.18. The molecular weight excluding hydrogens is 490 g/mol. The Morgan fingerprint density at radius 2 is 0.825 bits per heavy atom. The van der Waals surface area contributed by atoms with Gasteiger partial charge in [-0.05, 0) is 151 Å². The lowest BCUT2D eigenvalue weighted by Crippen LogP contribution is -2.26. The molecule has 0 atom stereocenters. The van der Waals surface area contributed by atoms with Crippen LogP contribution in [0.15, 0.2) is 55.1 Å². The highest BCUT2D eigenvalue weighted by molar-refractivity contribution is 6.24. The zero-order valence-corrected chi connectivity index (χ0v) is 26.5. The molecule has 0 spiro atoms. The topological polar surface area (TPSA) is 53.7 Å². The van der Waals surface area contributed by atoms with Crippen molar-refractivity contribution in [2.24, 2.45) is 17.0 Å². The summed E-state index contributed by atoms with van der Waals surface area (Å²) in [6, 6.07) is 0. The quantitative estimate of drug-likeness (QED) is 0.382. The van der Waals surface area contributed by atoms with E-state index in [-0.39, 0.29) is 0 Å². The number of rotatable bonds is 0. The summed E-state index contributed by atoms with van der Waals surface area (Å²) in [7, 11) is 2.15.